The van der Waals surface area contributed by atoms with Crippen molar-refractivity contribution in [2.75, 3.05) is 18.5 Å². The molecular weight excluding hydrogens is 348 g/mol. The van der Waals surface area contributed by atoms with Gasteiger partial charge in [0.2, 0.25) is 11.8 Å². The molecule has 1 aromatic carbocycles. The first-order valence-corrected chi connectivity index (χ1v) is 9.40. The Balaban J connectivity index is 1.23. The molecule has 0 unspecified atom stereocenters. The molecule has 142 valence electrons. The fourth-order valence-electron chi connectivity index (χ4n) is 4.83. The lowest BCUT2D eigenvalue weighted by Crippen LogP contribution is -2.35. The summed E-state index contributed by atoms with van der Waals surface area (Å²) in [6.45, 7) is -0.367. The van der Waals surface area contributed by atoms with Crippen LogP contribution in [0.15, 0.2) is 30.3 Å². The van der Waals surface area contributed by atoms with E-state index in [0.717, 1.165) is 19.3 Å². The molecule has 4 rings (SSSR count). The number of amides is 3. The molecule has 0 aromatic heterocycles. The Morgan fingerprint density at radius 2 is 1.67 bits per heavy atom. The third kappa shape index (κ3) is 3.34. The topological polar surface area (TPSA) is 92.8 Å². The maximum atomic E-state index is 12.6. The molecule has 3 fully saturated rings. The lowest BCUT2D eigenvalue weighted by atomic mass is 9.81. The Morgan fingerprint density at radius 3 is 2.30 bits per heavy atom. The third-order valence-corrected chi connectivity index (χ3v) is 5.98. The number of rotatable bonds is 6. The van der Waals surface area contributed by atoms with Crippen LogP contribution in [0, 0.1) is 23.7 Å². The standard InChI is InChI=1S/C20H22N2O5/c23-15(21-14-4-2-1-3-5-14)11-27-16(24)8-9-22-19(25)17-12-6-7-13(10-12)18(17)20(22)26/h1-5,12-13,17-18H,6-11H2,(H,21,23)/t12-,13-,17-,18-/m0/s1. The van der Waals surface area contributed by atoms with Gasteiger partial charge in [-0.3, -0.25) is 24.1 Å². The number of hydrogen-bond donors (Lipinski definition) is 1. The van der Waals surface area contributed by atoms with E-state index in [9.17, 15) is 19.2 Å². The molecule has 1 aromatic rings. The number of para-hydroxylation sites is 1. The largest absolute Gasteiger partial charge is 0.456 e. The summed E-state index contributed by atoms with van der Waals surface area (Å²) in [7, 11) is 0. The van der Waals surface area contributed by atoms with Crippen LogP contribution in [0.5, 0.6) is 0 Å². The molecule has 2 bridgehead atoms. The predicted octanol–water partition coefficient (Wildman–Crippen LogP) is 1.59. The number of fused-ring (bicyclic) bond motifs is 5. The van der Waals surface area contributed by atoms with Crippen molar-refractivity contribution in [3.05, 3.63) is 30.3 Å². The van der Waals surface area contributed by atoms with Gasteiger partial charge < -0.3 is 10.1 Å². The first-order chi connectivity index (χ1) is 13.0. The minimum Gasteiger partial charge on any atom is -0.456 e. The van der Waals surface area contributed by atoms with E-state index in [4.69, 9.17) is 4.74 Å². The summed E-state index contributed by atoms with van der Waals surface area (Å²) < 4.78 is 4.95. The van der Waals surface area contributed by atoms with Crippen molar-refractivity contribution >= 4 is 29.4 Å². The van der Waals surface area contributed by atoms with Crippen LogP contribution in [0.4, 0.5) is 5.69 Å². The van der Waals surface area contributed by atoms with E-state index in [-0.39, 0.29) is 36.6 Å². The highest BCUT2D eigenvalue weighted by Crippen LogP contribution is 2.56. The number of benzene rings is 1. The normalized spacial score (nSPS) is 28.4. The molecule has 1 saturated heterocycles. The highest BCUT2D eigenvalue weighted by Gasteiger charge is 2.60. The van der Waals surface area contributed by atoms with E-state index in [1.165, 1.54) is 4.90 Å². The van der Waals surface area contributed by atoms with Crippen molar-refractivity contribution in [1.29, 1.82) is 0 Å². The van der Waals surface area contributed by atoms with Crippen LogP contribution in [0.3, 0.4) is 0 Å². The summed E-state index contributed by atoms with van der Waals surface area (Å²) in [5.74, 6) is -0.996. The van der Waals surface area contributed by atoms with E-state index in [2.05, 4.69) is 5.32 Å². The summed E-state index contributed by atoms with van der Waals surface area (Å²) in [5.41, 5.74) is 0.618. The minimum atomic E-state index is -0.598. The molecule has 27 heavy (non-hydrogen) atoms. The lowest BCUT2D eigenvalue weighted by molar-refractivity contribution is -0.149. The van der Waals surface area contributed by atoms with E-state index < -0.39 is 18.5 Å². The molecule has 1 heterocycles. The van der Waals surface area contributed by atoms with Gasteiger partial charge in [-0.25, -0.2) is 0 Å². The van der Waals surface area contributed by atoms with Crippen LogP contribution in [0.1, 0.15) is 25.7 Å². The number of carbonyl (C=O) groups is 4. The fraction of sp³-hybridized carbons (Fsp3) is 0.500. The van der Waals surface area contributed by atoms with Gasteiger partial charge in [0.1, 0.15) is 0 Å². The van der Waals surface area contributed by atoms with Crippen LogP contribution in [0.2, 0.25) is 0 Å². The van der Waals surface area contributed by atoms with E-state index in [1.807, 2.05) is 6.07 Å². The van der Waals surface area contributed by atoms with Crippen molar-refractivity contribution in [2.45, 2.75) is 25.7 Å². The molecular formula is C20H22N2O5. The maximum Gasteiger partial charge on any atom is 0.308 e. The molecule has 1 aliphatic heterocycles. The van der Waals surface area contributed by atoms with E-state index in [0.29, 0.717) is 17.5 Å². The minimum absolute atomic E-state index is 0.0310. The Hall–Kier alpha value is -2.70. The number of esters is 1. The third-order valence-electron chi connectivity index (χ3n) is 5.98. The number of carbonyl (C=O) groups excluding carboxylic acids is 4. The van der Waals surface area contributed by atoms with Crippen molar-refractivity contribution in [3.63, 3.8) is 0 Å². The quantitative estimate of drug-likeness (QED) is 0.606. The zero-order valence-corrected chi connectivity index (χ0v) is 14.9. The Labute approximate surface area is 157 Å². The van der Waals surface area contributed by atoms with Gasteiger partial charge in [0.25, 0.3) is 5.91 Å². The second kappa shape index (κ2) is 7.13. The maximum absolute atomic E-state index is 12.6. The summed E-state index contributed by atoms with van der Waals surface area (Å²) >= 11 is 0. The van der Waals surface area contributed by atoms with Crippen LogP contribution >= 0.6 is 0 Å². The van der Waals surface area contributed by atoms with Gasteiger partial charge in [-0.05, 0) is 43.2 Å². The highest BCUT2D eigenvalue weighted by atomic mass is 16.5. The van der Waals surface area contributed by atoms with Gasteiger partial charge in [-0.15, -0.1) is 0 Å². The smallest absolute Gasteiger partial charge is 0.308 e. The molecule has 0 spiro atoms. The monoisotopic (exact) mass is 370 g/mol. The molecule has 2 aliphatic carbocycles. The molecule has 1 N–H and O–H groups in total. The first kappa shape index (κ1) is 17.7. The summed E-state index contributed by atoms with van der Waals surface area (Å²) in [4.78, 5) is 50.0. The van der Waals surface area contributed by atoms with Gasteiger partial charge in [0.05, 0.1) is 18.3 Å². The number of ether oxygens (including phenoxy) is 1. The number of nitrogens with one attached hydrogen (secondary N) is 1. The van der Waals surface area contributed by atoms with Crippen LogP contribution in [0.25, 0.3) is 0 Å². The van der Waals surface area contributed by atoms with Gasteiger partial charge >= 0.3 is 5.97 Å². The van der Waals surface area contributed by atoms with Crippen LogP contribution < -0.4 is 5.32 Å². The van der Waals surface area contributed by atoms with E-state index in [1.54, 1.807) is 24.3 Å². The van der Waals surface area contributed by atoms with Crippen molar-refractivity contribution in [1.82, 2.24) is 4.90 Å². The Kier molecular flexibility index (Phi) is 4.68. The van der Waals surface area contributed by atoms with Crippen LogP contribution in [-0.2, 0) is 23.9 Å². The average Bonchev–Trinajstić information content (AvgIpc) is 3.34. The first-order valence-electron chi connectivity index (χ1n) is 9.40. The molecule has 0 radical (unpaired) electrons. The summed E-state index contributed by atoms with van der Waals surface area (Å²) in [6.07, 6.45) is 2.94. The molecule has 3 aliphatic rings. The van der Waals surface area contributed by atoms with Gasteiger partial charge in [-0.1, -0.05) is 18.2 Å². The summed E-state index contributed by atoms with van der Waals surface area (Å²) in [6, 6.07) is 8.86. The zero-order valence-electron chi connectivity index (χ0n) is 14.9. The van der Waals surface area contributed by atoms with Crippen molar-refractivity contribution in [3.8, 4) is 0 Å². The molecule has 4 atom stereocenters. The number of imide groups is 1. The Morgan fingerprint density at radius 1 is 1.04 bits per heavy atom. The molecule has 2 saturated carbocycles. The van der Waals surface area contributed by atoms with Gasteiger partial charge in [-0.2, -0.15) is 0 Å². The second-order valence-electron chi connectivity index (χ2n) is 7.54. The number of anilines is 1. The lowest BCUT2D eigenvalue weighted by Gasteiger charge is -2.19. The number of likely N-dealkylation sites (tertiary alicyclic amines) is 1. The number of hydrogen-bond acceptors (Lipinski definition) is 5. The van der Waals surface area contributed by atoms with Crippen molar-refractivity contribution < 1.29 is 23.9 Å². The zero-order chi connectivity index (χ0) is 19.0. The van der Waals surface area contributed by atoms with E-state index >= 15 is 0 Å². The molecule has 7 heteroatoms. The molecule has 3 amide bonds. The SMILES string of the molecule is O=C(COC(=O)CCN1C(=O)[C@H]2[C@H]3CC[C@@H](C3)[C@@H]2C1=O)Nc1ccccc1. The number of nitrogens with zero attached hydrogens (tertiary/aromatic N) is 1. The highest BCUT2D eigenvalue weighted by molar-refractivity contribution is 6.06. The van der Waals surface area contributed by atoms with Gasteiger partial charge in [0.15, 0.2) is 6.61 Å². The molecule has 7 nitrogen and oxygen atoms in total. The second-order valence-corrected chi connectivity index (χ2v) is 7.54. The fourth-order valence-corrected chi connectivity index (χ4v) is 4.83. The predicted molar refractivity (Wildman–Crippen MR) is 95.2 cm³/mol. The van der Waals surface area contributed by atoms with Crippen molar-refractivity contribution in [2.24, 2.45) is 23.7 Å². The van der Waals surface area contributed by atoms with Gasteiger partial charge in [0, 0.05) is 12.2 Å². The summed E-state index contributed by atoms with van der Waals surface area (Å²) in [5, 5.41) is 2.62. The Bertz CT molecular complexity index is 750. The average molecular weight is 370 g/mol. The van der Waals surface area contributed by atoms with Crippen LogP contribution in [-0.4, -0.2) is 41.7 Å².